The molecule has 2 fully saturated rings. The maximum atomic E-state index is 15.1. The van der Waals surface area contributed by atoms with Crippen LogP contribution in [-0.2, 0) is 0 Å². The Labute approximate surface area is 205 Å². The molecule has 1 N–H and O–H groups in total. The predicted octanol–water partition coefficient (Wildman–Crippen LogP) is 7.90. The Morgan fingerprint density at radius 2 is 1.34 bits per heavy atom. The number of halogens is 4. The van der Waals surface area contributed by atoms with Crippen LogP contribution >= 0.6 is 0 Å². The van der Waals surface area contributed by atoms with E-state index in [1.165, 1.54) is 12.1 Å². The lowest BCUT2D eigenvalue weighted by Crippen LogP contribution is -2.18. The van der Waals surface area contributed by atoms with E-state index in [0.717, 1.165) is 38.5 Å². The highest BCUT2D eigenvalue weighted by atomic mass is 19.2. The summed E-state index contributed by atoms with van der Waals surface area (Å²) in [6.07, 6.45) is 9.69. The topological polar surface area (TPSA) is 29.5 Å². The Balaban J connectivity index is 1.37. The highest BCUT2D eigenvalue weighted by Gasteiger charge is 2.29. The second-order valence-corrected chi connectivity index (χ2v) is 9.96. The summed E-state index contributed by atoms with van der Waals surface area (Å²) in [4.78, 5) is 0. The predicted molar refractivity (Wildman–Crippen MR) is 129 cm³/mol. The molecule has 190 valence electrons. The van der Waals surface area contributed by atoms with Crippen molar-refractivity contribution in [2.45, 2.75) is 70.1 Å². The fraction of sp³-hybridized carbons (Fsp3) is 0.517. The van der Waals surface area contributed by atoms with Gasteiger partial charge in [0, 0.05) is 12.2 Å². The van der Waals surface area contributed by atoms with E-state index < -0.39 is 23.3 Å². The summed E-state index contributed by atoms with van der Waals surface area (Å²) in [6.45, 7) is 2.13. The second-order valence-electron chi connectivity index (χ2n) is 9.96. The third-order valence-electron chi connectivity index (χ3n) is 7.82. The largest absolute Gasteiger partial charge is 0.491 e. The molecule has 2 aromatic carbocycles. The average molecular weight is 491 g/mol. The van der Waals surface area contributed by atoms with Crippen molar-refractivity contribution in [2.75, 3.05) is 13.2 Å². The van der Waals surface area contributed by atoms with E-state index in [1.54, 1.807) is 25.1 Å². The van der Waals surface area contributed by atoms with Gasteiger partial charge < -0.3 is 9.84 Å². The lowest BCUT2D eigenvalue weighted by Gasteiger charge is -2.30. The van der Waals surface area contributed by atoms with Crippen LogP contribution in [0.2, 0.25) is 0 Å². The van der Waals surface area contributed by atoms with E-state index in [1.807, 2.05) is 6.08 Å². The zero-order valence-electron chi connectivity index (χ0n) is 20.2. The highest BCUT2D eigenvalue weighted by molar-refractivity contribution is 5.52. The average Bonchev–Trinajstić information content (AvgIpc) is 2.88. The van der Waals surface area contributed by atoms with Gasteiger partial charge in [0.2, 0.25) is 5.82 Å². The lowest BCUT2D eigenvalue weighted by atomic mass is 9.76. The zero-order chi connectivity index (χ0) is 24.9. The van der Waals surface area contributed by atoms with Crippen molar-refractivity contribution in [1.82, 2.24) is 0 Å². The highest BCUT2D eigenvalue weighted by Crippen LogP contribution is 2.41. The number of benzene rings is 2. The van der Waals surface area contributed by atoms with Gasteiger partial charge in [-0.2, -0.15) is 4.39 Å². The van der Waals surface area contributed by atoms with Crippen molar-refractivity contribution in [3.63, 3.8) is 0 Å². The summed E-state index contributed by atoms with van der Waals surface area (Å²) in [7, 11) is 0. The van der Waals surface area contributed by atoms with E-state index in [0.29, 0.717) is 24.0 Å². The standard InChI is InChI=1S/C29H34F4O2/c1-2-35-25-16-13-22(26(30)29(25)33)12-5-18-3-8-20(9-4-18)23-14-15-24(28(32)27(23)31)21-10-6-19(17-34)7-11-21/h5,12-16,18-21,34H,2-4,6-11,17H2,1H3/b12-5+. The quantitative estimate of drug-likeness (QED) is 0.400. The second kappa shape index (κ2) is 11.6. The monoisotopic (exact) mass is 490 g/mol. The number of hydrogen-bond acceptors (Lipinski definition) is 2. The minimum atomic E-state index is -0.986. The van der Waals surface area contributed by atoms with E-state index in [2.05, 4.69) is 0 Å². The molecular formula is C29H34F4O2. The maximum absolute atomic E-state index is 15.1. The molecule has 0 aromatic heterocycles. The Bertz CT molecular complexity index is 1040. The Morgan fingerprint density at radius 1 is 0.771 bits per heavy atom. The van der Waals surface area contributed by atoms with Crippen LogP contribution < -0.4 is 4.74 Å². The molecule has 0 saturated heterocycles. The smallest absolute Gasteiger partial charge is 0.201 e. The van der Waals surface area contributed by atoms with E-state index >= 15 is 8.78 Å². The molecule has 0 heterocycles. The normalized spacial score (nSPS) is 25.2. The Hall–Kier alpha value is -2.34. The molecule has 2 aromatic rings. The number of allylic oxidation sites excluding steroid dienone is 1. The summed E-state index contributed by atoms with van der Waals surface area (Å²) < 4.78 is 63.6. The van der Waals surface area contributed by atoms with Gasteiger partial charge in [-0.3, -0.25) is 0 Å². The summed E-state index contributed by atoms with van der Waals surface area (Å²) in [5.74, 6) is -3.04. The van der Waals surface area contributed by atoms with Crippen LogP contribution in [0, 0.1) is 35.1 Å². The van der Waals surface area contributed by atoms with E-state index in [4.69, 9.17) is 4.74 Å². The van der Waals surface area contributed by atoms with E-state index in [9.17, 15) is 13.9 Å². The van der Waals surface area contributed by atoms with Gasteiger partial charge in [-0.1, -0.05) is 24.3 Å². The van der Waals surface area contributed by atoms with Gasteiger partial charge in [0.15, 0.2) is 23.2 Å². The van der Waals surface area contributed by atoms with E-state index in [-0.39, 0.29) is 48.2 Å². The van der Waals surface area contributed by atoms with Crippen molar-refractivity contribution in [3.8, 4) is 5.75 Å². The molecule has 0 aliphatic heterocycles. The van der Waals surface area contributed by atoms with Gasteiger partial charge in [0.25, 0.3) is 0 Å². The minimum absolute atomic E-state index is 0.00931. The molecule has 0 atom stereocenters. The Kier molecular flexibility index (Phi) is 8.53. The molecule has 2 aliphatic rings. The van der Waals surface area contributed by atoms with Gasteiger partial charge in [-0.05, 0) is 105 Å². The summed E-state index contributed by atoms with van der Waals surface area (Å²) in [5.41, 5.74) is 1.08. The molecule has 0 radical (unpaired) electrons. The molecule has 6 heteroatoms. The van der Waals surface area contributed by atoms with Crippen molar-refractivity contribution in [1.29, 1.82) is 0 Å². The van der Waals surface area contributed by atoms with Gasteiger partial charge in [0.05, 0.1) is 6.61 Å². The number of rotatable bonds is 7. The van der Waals surface area contributed by atoms with Crippen molar-refractivity contribution in [3.05, 3.63) is 70.3 Å². The van der Waals surface area contributed by atoms with Crippen molar-refractivity contribution >= 4 is 6.08 Å². The summed E-state index contributed by atoms with van der Waals surface area (Å²) in [5, 5.41) is 9.31. The van der Waals surface area contributed by atoms with Crippen LogP contribution in [0.25, 0.3) is 6.08 Å². The number of aliphatic hydroxyl groups is 1. The minimum Gasteiger partial charge on any atom is -0.491 e. The van der Waals surface area contributed by atoms with Gasteiger partial charge in [0.1, 0.15) is 0 Å². The fourth-order valence-electron chi connectivity index (χ4n) is 5.67. The molecule has 2 saturated carbocycles. The molecule has 4 rings (SSSR count). The van der Waals surface area contributed by atoms with Crippen molar-refractivity contribution in [2.24, 2.45) is 11.8 Å². The molecule has 0 spiro atoms. The first-order valence-corrected chi connectivity index (χ1v) is 12.8. The third kappa shape index (κ3) is 5.74. The first-order chi connectivity index (χ1) is 16.9. The third-order valence-corrected chi connectivity index (χ3v) is 7.82. The molecular weight excluding hydrogens is 456 g/mol. The fourth-order valence-corrected chi connectivity index (χ4v) is 5.67. The lowest BCUT2D eigenvalue weighted by molar-refractivity contribution is 0.181. The van der Waals surface area contributed by atoms with Crippen LogP contribution in [0.15, 0.2) is 30.3 Å². The first-order valence-electron chi connectivity index (χ1n) is 12.8. The first kappa shape index (κ1) is 25.7. The zero-order valence-corrected chi connectivity index (χ0v) is 20.2. The molecule has 0 amide bonds. The van der Waals surface area contributed by atoms with Gasteiger partial charge in [-0.15, -0.1) is 0 Å². The molecule has 35 heavy (non-hydrogen) atoms. The summed E-state index contributed by atoms with van der Waals surface area (Å²) in [6, 6.07) is 6.44. The van der Waals surface area contributed by atoms with Gasteiger partial charge in [-0.25, -0.2) is 13.2 Å². The SMILES string of the molecule is CCOc1ccc(/C=C/C2CCC(c3ccc(C4CCC(CO)CC4)c(F)c3F)CC2)c(F)c1F. The molecule has 0 unspecified atom stereocenters. The Morgan fingerprint density at radius 3 is 1.89 bits per heavy atom. The molecule has 2 nitrogen and oxygen atoms in total. The molecule has 2 aliphatic carbocycles. The summed E-state index contributed by atoms with van der Waals surface area (Å²) >= 11 is 0. The van der Waals surface area contributed by atoms with Gasteiger partial charge >= 0.3 is 0 Å². The van der Waals surface area contributed by atoms with Crippen LogP contribution in [0.3, 0.4) is 0 Å². The van der Waals surface area contributed by atoms with Crippen LogP contribution in [0.1, 0.15) is 86.8 Å². The molecule has 0 bridgehead atoms. The number of hydrogen-bond donors (Lipinski definition) is 1. The van der Waals surface area contributed by atoms with Crippen LogP contribution in [0.4, 0.5) is 17.6 Å². The maximum Gasteiger partial charge on any atom is 0.201 e. The number of aliphatic hydroxyl groups excluding tert-OH is 1. The van der Waals surface area contributed by atoms with Crippen molar-refractivity contribution < 1.29 is 27.4 Å². The van der Waals surface area contributed by atoms with Crippen LogP contribution in [0.5, 0.6) is 5.75 Å². The number of ether oxygens (including phenoxy) is 1. The van der Waals surface area contributed by atoms with Crippen LogP contribution in [-0.4, -0.2) is 18.3 Å².